The predicted octanol–water partition coefficient (Wildman–Crippen LogP) is 2.72. The van der Waals surface area contributed by atoms with Crippen molar-refractivity contribution in [2.24, 2.45) is 0 Å². The van der Waals surface area contributed by atoms with Crippen LogP contribution < -0.4 is 5.32 Å². The number of hydrogen-bond donors (Lipinski definition) is 1. The fourth-order valence-electron chi connectivity index (χ4n) is 3.00. The quantitative estimate of drug-likeness (QED) is 0.660. The number of carbonyl (C=O) groups excluding carboxylic acids is 3. The molecule has 3 rings (SSSR count). The smallest absolute Gasteiger partial charge is 0.337 e. The summed E-state index contributed by atoms with van der Waals surface area (Å²) in [5.74, 6) is -2.80. The van der Waals surface area contributed by atoms with Crippen LogP contribution in [0, 0.1) is 11.6 Å². The fourth-order valence-corrected chi connectivity index (χ4v) is 3.00. The van der Waals surface area contributed by atoms with Crippen molar-refractivity contribution < 1.29 is 27.9 Å². The number of amides is 3. The second-order valence-electron chi connectivity index (χ2n) is 6.26. The number of hydrogen-bond acceptors (Lipinski definition) is 4. The molecule has 1 N–H and O–H groups in total. The first kappa shape index (κ1) is 18.5. The third-order valence-electron chi connectivity index (χ3n) is 4.43. The van der Waals surface area contributed by atoms with Crippen LogP contribution in [0.5, 0.6) is 0 Å². The summed E-state index contributed by atoms with van der Waals surface area (Å²) in [5, 5.41) is 2.42. The Kier molecular flexibility index (Phi) is 4.65. The molecule has 8 heteroatoms. The molecule has 0 aliphatic carbocycles. The maximum atomic E-state index is 14.2. The van der Waals surface area contributed by atoms with Gasteiger partial charge in [0.05, 0.1) is 19.2 Å². The van der Waals surface area contributed by atoms with E-state index in [0.717, 1.165) is 23.1 Å². The zero-order valence-corrected chi connectivity index (χ0v) is 14.6. The van der Waals surface area contributed by atoms with E-state index in [1.165, 1.54) is 26.2 Å². The van der Waals surface area contributed by atoms with Crippen molar-refractivity contribution in [2.75, 3.05) is 7.11 Å². The summed E-state index contributed by atoms with van der Waals surface area (Å²) >= 11 is 0. The van der Waals surface area contributed by atoms with Gasteiger partial charge in [0.2, 0.25) is 0 Å². The van der Waals surface area contributed by atoms with Gasteiger partial charge in [-0.25, -0.2) is 18.4 Å². The van der Waals surface area contributed by atoms with E-state index in [9.17, 15) is 23.2 Å². The maximum absolute atomic E-state index is 14.2. The monoisotopic (exact) mass is 374 g/mol. The molecule has 140 valence electrons. The Balaban J connectivity index is 1.91. The molecule has 1 fully saturated rings. The molecular formula is C19H16F2N2O4. The number of halogens is 2. The first-order chi connectivity index (χ1) is 12.8. The number of benzene rings is 2. The topological polar surface area (TPSA) is 75.7 Å². The van der Waals surface area contributed by atoms with E-state index in [2.05, 4.69) is 10.1 Å². The van der Waals surface area contributed by atoms with Gasteiger partial charge in [0.15, 0.2) is 0 Å². The van der Waals surface area contributed by atoms with Gasteiger partial charge in [-0.05, 0) is 42.8 Å². The Morgan fingerprint density at radius 3 is 2.63 bits per heavy atom. The van der Waals surface area contributed by atoms with Gasteiger partial charge in [-0.3, -0.25) is 9.69 Å². The molecule has 0 spiro atoms. The molecule has 1 atom stereocenters. The minimum Gasteiger partial charge on any atom is -0.465 e. The van der Waals surface area contributed by atoms with Crippen LogP contribution in [0.3, 0.4) is 0 Å². The summed E-state index contributed by atoms with van der Waals surface area (Å²) in [6, 6.07) is 8.22. The summed E-state index contributed by atoms with van der Waals surface area (Å²) in [7, 11) is 1.24. The molecule has 1 unspecified atom stereocenters. The van der Waals surface area contributed by atoms with Crippen molar-refractivity contribution in [3.63, 3.8) is 0 Å². The average molecular weight is 374 g/mol. The van der Waals surface area contributed by atoms with Crippen molar-refractivity contribution in [1.82, 2.24) is 10.2 Å². The van der Waals surface area contributed by atoms with Gasteiger partial charge >= 0.3 is 12.0 Å². The number of esters is 1. The van der Waals surface area contributed by atoms with E-state index in [4.69, 9.17) is 0 Å². The zero-order chi connectivity index (χ0) is 19.8. The summed E-state index contributed by atoms with van der Waals surface area (Å²) in [6.45, 7) is 1.18. The lowest BCUT2D eigenvalue weighted by atomic mass is 9.91. The van der Waals surface area contributed by atoms with Crippen LogP contribution in [0.2, 0.25) is 0 Å². The normalized spacial score (nSPS) is 19.2. The first-order valence-electron chi connectivity index (χ1n) is 8.03. The van der Waals surface area contributed by atoms with Gasteiger partial charge in [-0.1, -0.05) is 12.1 Å². The summed E-state index contributed by atoms with van der Waals surface area (Å²) in [6.07, 6.45) is 0. The van der Waals surface area contributed by atoms with E-state index in [1.54, 1.807) is 12.1 Å². The van der Waals surface area contributed by atoms with Crippen LogP contribution in [0.25, 0.3) is 0 Å². The minimum absolute atomic E-state index is 0.137. The van der Waals surface area contributed by atoms with E-state index in [0.29, 0.717) is 5.56 Å². The Labute approximate surface area is 153 Å². The lowest BCUT2D eigenvalue weighted by Gasteiger charge is -2.23. The molecule has 0 bridgehead atoms. The molecule has 3 amide bonds. The molecule has 1 heterocycles. The number of rotatable bonds is 4. The fraction of sp³-hybridized carbons (Fsp3) is 0.211. The highest BCUT2D eigenvalue weighted by Crippen LogP contribution is 2.32. The number of imide groups is 1. The highest BCUT2D eigenvalue weighted by molar-refractivity contribution is 6.07. The first-order valence-corrected chi connectivity index (χ1v) is 8.03. The zero-order valence-electron chi connectivity index (χ0n) is 14.6. The van der Waals surface area contributed by atoms with Crippen LogP contribution >= 0.6 is 0 Å². The van der Waals surface area contributed by atoms with Crippen molar-refractivity contribution >= 4 is 17.9 Å². The van der Waals surface area contributed by atoms with Crippen molar-refractivity contribution in [3.8, 4) is 0 Å². The molecule has 2 aromatic rings. The predicted molar refractivity (Wildman–Crippen MR) is 90.6 cm³/mol. The van der Waals surface area contributed by atoms with Gasteiger partial charge in [0.1, 0.15) is 17.2 Å². The molecular weight excluding hydrogens is 358 g/mol. The lowest BCUT2D eigenvalue weighted by Crippen LogP contribution is -2.41. The Bertz CT molecular complexity index is 947. The second kappa shape index (κ2) is 6.79. The molecule has 1 aliphatic rings. The standard InChI is InChI=1S/C19H16F2N2O4/c1-19(14-9-13(20)6-7-15(14)21)17(25)23(18(26)22-19)10-11-4-3-5-12(8-11)16(24)27-2/h3-9H,10H2,1-2H3,(H,22,26). The third-order valence-corrected chi connectivity index (χ3v) is 4.43. The highest BCUT2D eigenvalue weighted by Gasteiger charge is 2.50. The van der Waals surface area contributed by atoms with Gasteiger partial charge in [-0.2, -0.15) is 0 Å². The van der Waals surface area contributed by atoms with Crippen LogP contribution in [-0.2, 0) is 21.6 Å². The molecule has 1 aliphatic heterocycles. The molecule has 6 nitrogen and oxygen atoms in total. The van der Waals surface area contributed by atoms with Crippen LogP contribution in [0.15, 0.2) is 42.5 Å². The van der Waals surface area contributed by atoms with Gasteiger partial charge in [0, 0.05) is 5.56 Å². The SMILES string of the molecule is COC(=O)c1cccc(CN2C(=O)NC(C)(c3cc(F)ccc3F)C2=O)c1. The Hall–Kier alpha value is -3.29. The molecule has 0 aromatic heterocycles. The summed E-state index contributed by atoms with van der Waals surface area (Å²) in [5.41, 5.74) is -1.22. The van der Waals surface area contributed by atoms with Crippen molar-refractivity contribution in [1.29, 1.82) is 0 Å². The summed E-state index contributed by atoms with van der Waals surface area (Å²) < 4.78 is 32.3. The van der Waals surface area contributed by atoms with Crippen LogP contribution in [-0.4, -0.2) is 29.9 Å². The van der Waals surface area contributed by atoms with E-state index < -0.39 is 35.1 Å². The van der Waals surface area contributed by atoms with E-state index in [-0.39, 0.29) is 17.7 Å². The number of methoxy groups -OCH3 is 1. The minimum atomic E-state index is -1.73. The van der Waals surface area contributed by atoms with Crippen LogP contribution in [0.4, 0.5) is 13.6 Å². The largest absolute Gasteiger partial charge is 0.465 e. The van der Waals surface area contributed by atoms with Crippen molar-refractivity contribution in [2.45, 2.75) is 19.0 Å². The molecule has 27 heavy (non-hydrogen) atoms. The lowest BCUT2D eigenvalue weighted by molar-refractivity contribution is -0.131. The number of ether oxygens (including phenoxy) is 1. The molecule has 0 saturated carbocycles. The molecule has 1 saturated heterocycles. The number of nitrogens with zero attached hydrogens (tertiary/aromatic N) is 1. The number of carbonyl (C=O) groups is 3. The van der Waals surface area contributed by atoms with Crippen LogP contribution in [0.1, 0.15) is 28.4 Å². The molecule has 2 aromatic carbocycles. The highest BCUT2D eigenvalue weighted by atomic mass is 19.1. The van der Waals surface area contributed by atoms with E-state index >= 15 is 0 Å². The Morgan fingerprint density at radius 1 is 1.19 bits per heavy atom. The van der Waals surface area contributed by atoms with E-state index in [1.807, 2.05) is 0 Å². The van der Waals surface area contributed by atoms with Gasteiger partial charge in [-0.15, -0.1) is 0 Å². The van der Waals surface area contributed by atoms with Gasteiger partial charge < -0.3 is 10.1 Å². The third kappa shape index (κ3) is 3.25. The summed E-state index contributed by atoms with van der Waals surface area (Å²) in [4.78, 5) is 37.7. The van der Waals surface area contributed by atoms with Crippen molar-refractivity contribution in [3.05, 3.63) is 70.8 Å². The Morgan fingerprint density at radius 2 is 1.93 bits per heavy atom. The maximum Gasteiger partial charge on any atom is 0.337 e. The number of nitrogens with one attached hydrogen (secondary N) is 1. The number of urea groups is 1. The van der Waals surface area contributed by atoms with Gasteiger partial charge in [0.25, 0.3) is 5.91 Å². The average Bonchev–Trinajstić information content (AvgIpc) is 2.87. The second-order valence-corrected chi connectivity index (χ2v) is 6.26. The molecule has 0 radical (unpaired) electrons.